The third-order valence-corrected chi connectivity index (χ3v) is 1.58. The molecule has 0 aliphatic carbocycles. The number of likely N-dealkylation sites (N-methyl/N-ethyl adjacent to an activating group) is 1. The predicted molar refractivity (Wildman–Crippen MR) is 47.7 cm³/mol. The van der Waals surface area contributed by atoms with E-state index in [1.807, 2.05) is 0 Å². The molecular weight excluding hydrogens is 190 g/mol. The molecular formula is C8H16NO5+. The van der Waals surface area contributed by atoms with Gasteiger partial charge in [0.2, 0.25) is 5.60 Å². The fourth-order valence-corrected chi connectivity index (χ4v) is 1.23. The van der Waals surface area contributed by atoms with Gasteiger partial charge in [-0.15, -0.1) is 0 Å². The largest absolute Gasteiger partial charge is 0.481 e. The Bertz CT molecular complexity index is 245. The maximum Gasteiger partial charge on any atom is 0.342 e. The van der Waals surface area contributed by atoms with Crippen molar-refractivity contribution in [1.29, 1.82) is 0 Å². The van der Waals surface area contributed by atoms with Crippen molar-refractivity contribution >= 4 is 11.9 Å². The van der Waals surface area contributed by atoms with E-state index in [0.717, 1.165) is 0 Å². The third-order valence-electron chi connectivity index (χ3n) is 1.58. The van der Waals surface area contributed by atoms with Crippen molar-refractivity contribution in [3.05, 3.63) is 0 Å². The summed E-state index contributed by atoms with van der Waals surface area (Å²) >= 11 is 0. The van der Waals surface area contributed by atoms with Crippen LogP contribution < -0.4 is 0 Å². The summed E-state index contributed by atoms with van der Waals surface area (Å²) in [6, 6.07) is 0. The fourth-order valence-electron chi connectivity index (χ4n) is 1.23. The molecule has 0 aromatic rings. The van der Waals surface area contributed by atoms with Crippen LogP contribution in [-0.2, 0) is 9.59 Å². The van der Waals surface area contributed by atoms with Gasteiger partial charge in [0.05, 0.1) is 27.6 Å². The summed E-state index contributed by atoms with van der Waals surface area (Å²) in [4.78, 5) is 21.1. The highest BCUT2D eigenvalue weighted by Gasteiger charge is 2.43. The molecule has 3 N–H and O–H groups in total. The molecule has 82 valence electrons. The van der Waals surface area contributed by atoms with E-state index in [1.165, 1.54) is 0 Å². The zero-order chi connectivity index (χ0) is 11.6. The molecule has 0 bridgehead atoms. The Morgan fingerprint density at radius 2 is 1.64 bits per heavy atom. The number of rotatable bonds is 5. The van der Waals surface area contributed by atoms with E-state index in [9.17, 15) is 14.7 Å². The van der Waals surface area contributed by atoms with Crippen LogP contribution in [0.5, 0.6) is 0 Å². The molecule has 0 aliphatic heterocycles. The Kier molecular flexibility index (Phi) is 3.61. The highest BCUT2D eigenvalue weighted by Crippen LogP contribution is 2.14. The van der Waals surface area contributed by atoms with Crippen molar-refractivity contribution in [1.82, 2.24) is 0 Å². The first-order valence-corrected chi connectivity index (χ1v) is 4.05. The van der Waals surface area contributed by atoms with Gasteiger partial charge in [-0.1, -0.05) is 0 Å². The van der Waals surface area contributed by atoms with Gasteiger partial charge >= 0.3 is 11.9 Å². The molecule has 0 rings (SSSR count). The van der Waals surface area contributed by atoms with Gasteiger partial charge in [0, 0.05) is 0 Å². The van der Waals surface area contributed by atoms with Crippen LogP contribution in [0.3, 0.4) is 0 Å². The number of carboxylic acid groups (broad SMARTS) is 2. The average Bonchev–Trinajstić information content (AvgIpc) is 1.79. The highest BCUT2D eigenvalue weighted by atomic mass is 16.4. The van der Waals surface area contributed by atoms with Gasteiger partial charge in [-0.05, 0) is 0 Å². The van der Waals surface area contributed by atoms with Crippen LogP contribution in [0.2, 0.25) is 0 Å². The van der Waals surface area contributed by atoms with Gasteiger partial charge in [0.25, 0.3) is 0 Å². The zero-order valence-corrected chi connectivity index (χ0v) is 8.52. The summed E-state index contributed by atoms with van der Waals surface area (Å²) < 4.78 is 0.177. The van der Waals surface area contributed by atoms with Gasteiger partial charge in [-0.2, -0.15) is 0 Å². The Hall–Kier alpha value is -1.14. The molecule has 1 unspecified atom stereocenters. The number of carbonyl (C=O) groups is 2. The van der Waals surface area contributed by atoms with E-state index < -0.39 is 24.0 Å². The third kappa shape index (κ3) is 4.20. The minimum Gasteiger partial charge on any atom is -0.481 e. The normalized spacial score (nSPS) is 16.0. The summed E-state index contributed by atoms with van der Waals surface area (Å²) in [5, 5.41) is 26.8. The van der Waals surface area contributed by atoms with Crippen LogP contribution in [0.25, 0.3) is 0 Å². The fraction of sp³-hybridized carbons (Fsp3) is 0.750. The Morgan fingerprint density at radius 3 is 1.86 bits per heavy atom. The lowest BCUT2D eigenvalue weighted by Gasteiger charge is -2.31. The van der Waals surface area contributed by atoms with E-state index in [1.54, 1.807) is 21.1 Å². The van der Waals surface area contributed by atoms with Gasteiger partial charge in [-0.25, -0.2) is 4.79 Å². The molecule has 0 aliphatic rings. The molecule has 0 spiro atoms. The molecule has 0 saturated carbocycles. The number of quaternary nitrogens is 1. The molecule has 6 heteroatoms. The summed E-state index contributed by atoms with van der Waals surface area (Å²) in [7, 11) is 5.03. The molecule has 6 nitrogen and oxygen atoms in total. The number of carboxylic acids is 2. The lowest BCUT2D eigenvalue weighted by molar-refractivity contribution is -0.875. The van der Waals surface area contributed by atoms with E-state index in [2.05, 4.69) is 0 Å². The van der Waals surface area contributed by atoms with Crippen molar-refractivity contribution in [2.75, 3.05) is 27.7 Å². The highest BCUT2D eigenvalue weighted by molar-refractivity contribution is 5.83. The van der Waals surface area contributed by atoms with Crippen molar-refractivity contribution in [2.45, 2.75) is 12.0 Å². The average molecular weight is 206 g/mol. The molecule has 0 saturated heterocycles. The van der Waals surface area contributed by atoms with E-state index >= 15 is 0 Å². The summed E-state index contributed by atoms with van der Waals surface area (Å²) in [5.41, 5.74) is -2.20. The van der Waals surface area contributed by atoms with E-state index in [4.69, 9.17) is 10.2 Å². The number of hydrogen-bond donors (Lipinski definition) is 3. The second-order valence-corrected chi connectivity index (χ2v) is 4.36. The standard InChI is InChI=1S/C8H15NO5/c1-9(2,3)5-8(14,7(12)13)4-6(10)11/h14H,4-5H2,1-3H3,(H-,10,11,12,13)/p+1. The lowest BCUT2D eigenvalue weighted by Crippen LogP contribution is -2.54. The van der Waals surface area contributed by atoms with Crippen LogP contribution in [-0.4, -0.2) is 65.0 Å². The first-order chi connectivity index (χ1) is 6.07. The quantitative estimate of drug-likeness (QED) is 0.501. The molecule has 0 aromatic carbocycles. The van der Waals surface area contributed by atoms with Crippen LogP contribution in [0, 0.1) is 0 Å². The van der Waals surface area contributed by atoms with E-state index in [0.29, 0.717) is 0 Å². The van der Waals surface area contributed by atoms with Crippen molar-refractivity contribution in [3.63, 3.8) is 0 Å². The minimum absolute atomic E-state index is 0.158. The van der Waals surface area contributed by atoms with Gasteiger partial charge in [-0.3, -0.25) is 4.79 Å². The first kappa shape index (κ1) is 12.9. The Balaban J connectivity index is 4.73. The lowest BCUT2D eigenvalue weighted by atomic mass is 9.99. The van der Waals surface area contributed by atoms with Gasteiger partial charge < -0.3 is 19.8 Å². The van der Waals surface area contributed by atoms with Gasteiger partial charge in [0.1, 0.15) is 6.54 Å². The van der Waals surface area contributed by atoms with Crippen molar-refractivity contribution in [3.8, 4) is 0 Å². The molecule has 1 atom stereocenters. The minimum atomic E-state index is -2.20. The van der Waals surface area contributed by atoms with Gasteiger partial charge in [0.15, 0.2) is 0 Å². The SMILES string of the molecule is C[N+](C)(C)CC(O)(CC(=O)O)C(=O)O. The maximum absolute atomic E-state index is 10.7. The topological polar surface area (TPSA) is 94.8 Å². The first-order valence-electron chi connectivity index (χ1n) is 4.05. The second-order valence-electron chi connectivity index (χ2n) is 4.36. The molecule has 14 heavy (non-hydrogen) atoms. The number of aliphatic carboxylic acids is 2. The molecule has 0 amide bonds. The summed E-state index contributed by atoms with van der Waals surface area (Å²) in [6.07, 6.45) is -0.794. The smallest absolute Gasteiger partial charge is 0.342 e. The van der Waals surface area contributed by atoms with Crippen molar-refractivity contribution in [2.24, 2.45) is 0 Å². The molecule has 0 heterocycles. The predicted octanol–water partition coefficient (Wildman–Crippen LogP) is -1.02. The number of nitrogens with zero attached hydrogens (tertiary/aromatic N) is 1. The maximum atomic E-state index is 10.7. The van der Waals surface area contributed by atoms with Crippen LogP contribution in [0.4, 0.5) is 0 Å². The Morgan fingerprint density at radius 1 is 1.21 bits per heavy atom. The van der Waals surface area contributed by atoms with E-state index in [-0.39, 0.29) is 11.0 Å². The monoisotopic (exact) mass is 206 g/mol. The number of hydrogen-bond acceptors (Lipinski definition) is 3. The van der Waals surface area contributed by atoms with Crippen LogP contribution in [0.15, 0.2) is 0 Å². The molecule has 0 fully saturated rings. The van der Waals surface area contributed by atoms with Crippen molar-refractivity contribution < 1.29 is 29.4 Å². The van der Waals surface area contributed by atoms with Crippen LogP contribution >= 0.6 is 0 Å². The summed E-state index contributed by atoms with van der Waals surface area (Å²) in [5.74, 6) is -2.84. The Labute approximate surface area is 82.0 Å². The zero-order valence-electron chi connectivity index (χ0n) is 8.52. The molecule has 0 aromatic heterocycles. The molecule has 0 radical (unpaired) electrons. The second kappa shape index (κ2) is 3.93. The number of aliphatic hydroxyl groups is 1. The van der Waals surface area contributed by atoms with Crippen LogP contribution in [0.1, 0.15) is 6.42 Å². The summed E-state index contributed by atoms with van der Waals surface area (Å²) in [6.45, 7) is -0.158.